The van der Waals surface area contributed by atoms with Crippen molar-refractivity contribution >= 4 is 68.4 Å². The average Bonchev–Trinajstić information content (AvgIpc) is 2.66. The van der Waals surface area contributed by atoms with Crippen molar-refractivity contribution in [3.05, 3.63) is 66.8 Å². The van der Waals surface area contributed by atoms with Gasteiger partial charge in [-0.25, -0.2) is 0 Å². The Morgan fingerprint density at radius 1 is 0.667 bits per heavy atom. The van der Waals surface area contributed by atoms with Crippen molar-refractivity contribution in [3.63, 3.8) is 0 Å². The molecule has 6 nitrogen and oxygen atoms in total. The summed E-state index contributed by atoms with van der Waals surface area (Å²) in [5.41, 5.74) is 0. The fraction of sp³-hybridized carbons (Fsp3) is 0. The summed E-state index contributed by atoms with van der Waals surface area (Å²) >= 11 is 2.57. The van der Waals surface area contributed by atoms with Gasteiger partial charge in [-0.15, -0.1) is 0 Å². The zero-order valence-electron chi connectivity index (χ0n) is 12.0. The summed E-state index contributed by atoms with van der Waals surface area (Å²) in [5, 5.41) is 18.5. The van der Waals surface area contributed by atoms with Crippen molar-refractivity contribution in [1.29, 1.82) is 0 Å². The van der Waals surface area contributed by atoms with Crippen molar-refractivity contribution in [1.82, 2.24) is 0 Å². The van der Waals surface area contributed by atoms with Crippen LogP contribution in [-0.4, -0.2) is 55.5 Å². The molecular weight excluding hydrogens is 590 g/mol. The summed E-state index contributed by atoms with van der Waals surface area (Å²) in [6.45, 7) is 0. The van der Waals surface area contributed by atoms with Crippen LogP contribution in [0.15, 0.2) is 66.8 Å². The zero-order chi connectivity index (χ0) is 17.8. The Kier molecular flexibility index (Phi) is 7.36. The molecule has 132 valence electrons. The van der Waals surface area contributed by atoms with Crippen LogP contribution >= 0.6 is 23.2 Å². The predicted octanol–water partition coefficient (Wildman–Crippen LogP) is 1.42. The molecule has 2 atom stereocenters. The van der Waals surface area contributed by atoms with Crippen LogP contribution in [0.2, 0.25) is 0 Å². The van der Waals surface area contributed by atoms with E-state index < -0.39 is 44.2 Å². The number of halogens is 2. The third-order valence-corrected chi connectivity index (χ3v) is 18.6. The Morgan fingerprint density at radius 2 is 0.958 bits per heavy atom. The fourth-order valence-electron chi connectivity index (χ4n) is 1.79. The normalized spacial score (nSPS) is 20.2. The molecule has 0 fully saturated rings. The molecule has 0 spiro atoms. The van der Waals surface area contributed by atoms with Gasteiger partial charge in [0, 0.05) is 0 Å². The SMILES string of the molecule is OO[Te](O)(/C(Cl)=C(/Cl)[Te](O)(OO)c1ccccc1)c1ccccc1. The molecule has 0 heterocycles. The second-order valence-electron chi connectivity index (χ2n) is 4.37. The summed E-state index contributed by atoms with van der Waals surface area (Å²) in [5.74, 6) is 0. The van der Waals surface area contributed by atoms with E-state index in [4.69, 9.17) is 23.2 Å². The van der Waals surface area contributed by atoms with Crippen LogP contribution in [0.25, 0.3) is 0 Å². The van der Waals surface area contributed by atoms with Gasteiger partial charge >= 0.3 is 159 Å². The number of benzene rings is 2. The number of hydrogen-bond acceptors (Lipinski definition) is 6. The van der Waals surface area contributed by atoms with Gasteiger partial charge in [0.1, 0.15) is 0 Å². The van der Waals surface area contributed by atoms with E-state index >= 15 is 0 Å². The van der Waals surface area contributed by atoms with Crippen molar-refractivity contribution in [3.8, 4) is 0 Å². The van der Waals surface area contributed by atoms with E-state index in [1.807, 2.05) is 0 Å². The Labute approximate surface area is 158 Å². The van der Waals surface area contributed by atoms with Crippen molar-refractivity contribution in [2.75, 3.05) is 0 Å². The van der Waals surface area contributed by atoms with Gasteiger partial charge in [0.05, 0.1) is 0 Å². The van der Waals surface area contributed by atoms with E-state index in [1.54, 1.807) is 36.4 Å². The molecular formula is C14H14Cl2O6Te2. The molecule has 0 amide bonds. The molecule has 0 aliphatic carbocycles. The first-order valence-electron chi connectivity index (χ1n) is 6.33. The summed E-state index contributed by atoms with van der Waals surface area (Å²) in [7, 11) is 0. The number of rotatable bonds is 6. The van der Waals surface area contributed by atoms with Crippen molar-refractivity contribution in [2.24, 2.45) is 0 Å². The quantitative estimate of drug-likeness (QED) is 0.226. The maximum atomic E-state index is 10.8. The summed E-state index contributed by atoms with van der Waals surface area (Å²) < 4.78 is 29.8. The van der Waals surface area contributed by atoms with Crippen LogP contribution in [0.1, 0.15) is 0 Å². The van der Waals surface area contributed by atoms with E-state index in [2.05, 4.69) is 6.50 Å². The first-order valence-corrected chi connectivity index (χ1v) is 15.7. The van der Waals surface area contributed by atoms with Gasteiger partial charge in [-0.2, -0.15) is 0 Å². The molecule has 2 unspecified atom stereocenters. The minimum atomic E-state index is -4.89. The van der Waals surface area contributed by atoms with Crippen LogP contribution in [0.5, 0.6) is 0 Å². The first-order chi connectivity index (χ1) is 11.4. The standard InChI is InChI=1S/C14H14Cl2O6Te2/c15-13(23(19,21-17)11-7-3-1-4-8-11)14(16)24(20,22-18)12-9-5-2-6-10-12/h1-10,17-20H/b14-13-. The second kappa shape index (κ2) is 8.66. The van der Waals surface area contributed by atoms with E-state index in [0.717, 1.165) is 0 Å². The van der Waals surface area contributed by atoms with Crippen LogP contribution in [-0.2, 0) is 6.50 Å². The van der Waals surface area contributed by atoms with E-state index in [0.29, 0.717) is 0 Å². The summed E-state index contributed by atoms with van der Waals surface area (Å²) in [6, 6.07) is 16.0. The van der Waals surface area contributed by atoms with Gasteiger partial charge in [0.25, 0.3) is 0 Å². The molecule has 0 saturated heterocycles. The molecule has 2 rings (SSSR count). The first kappa shape index (κ1) is 20.4. The summed E-state index contributed by atoms with van der Waals surface area (Å²) in [4.78, 5) is 0. The molecule has 0 radical (unpaired) electrons. The Balaban J connectivity index is 2.59. The molecule has 4 N–H and O–H groups in total. The molecule has 10 heteroatoms. The fourth-order valence-corrected chi connectivity index (χ4v) is 15.4. The van der Waals surface area contributed by atoms with Gasteiger partial charge < -0.3 is 0 Å². The molecule has 0 aromatic heterocycles. The molecule has 0 bridgehead atoms. The topological polar surface area (TPSA) is 99.4 Å². The van der Waals surface area contributed by atoms with Crippen LogP contribution in [0.3, 0.4) is 0 Å². The van der Waals surface area contributed by atoms with E-state index in [9.17, 15) is 17.5 Å². The second-order valence-corrected chi connectivity index (χ2v) is 18.4. The number of hydrogen-bond donors (Lipinski definition) is 4. The van der Waals surface area contributed by atoms with Crippen molar-refractivity contribution < 1.29 is 24.0 Å². The predicted molar refractivity (Wildman–Crippen MR) is 94.3 cm³/mol. The van der Waals surface area contributed by atoms with Gasteiger partial charge in [0.15, 0.2) is 0 Å². The molecule has 0 saturated carbocycles. The van der Waals surface area contributed by atoms with Gasteiger partial charge in [0.2, 0.25) is 0 Å². The Morgan fingerprint density at radius 3 is 1.21 bits per heavy atom. The molecule has 24 heavy (non-hydrogen) atoms. The van der Waals surface area contributed by atoms with Crippen LogP contribution < -0.4 is 7.22 Å². The monoisotopic (exact) mass is 608 g/mol. The third-order valence-electron chi connectivity index (χ3n) is 2.98. The van der Waals surface area contributed by atoms with Gasteiger partial charge in [-0.3, -0.25) is 0 Å². The molecule has 0 aliphatic heterocycles. The van der Waals surface area contributed by atoms with Crippen LogP contribution in [0, 0.1) is 0 Å². The molecule has 2 aromatic carbocycles. The maximum absolute atomic E-state index is 10.8. The zero-order valence-corrected chi connectivity index (χ0v) is 18.1. The third kappa shape index (κ3) is 3.92. The Bertz CT molecular complexity index is 656. The van der Waals surface area contributed by atoms with Gasteiger partial charge in [-0.05, 0) is 0 Å². The summed E-state index contributed by atoms with van der Waals surface area (Å²) in [6.07, 6.45) is 0. The van der Waals surface area contributed by atoms with E-state index in [-0.39, 0.29) is 7.22 Å². The van der Waals surface area contributed by atoms with Crippen molar-refractivity contribution in [2.45, 2.75) is 0 Å². The average molecular weight is 604 g/mol. The molecule has 0 aliphatic rings. The molecule has 2 aromatic rings. The Hall–Kier alpha value is 0.0992. The van der Waals surface area contributed by atoms with Gasteiger partial charge in [-0.1, -0.05) is 0 Å². The van der Waals surface area contributed by atoms with Crippen LogP contribution in [0.4, 0.5) is 0 Å². The minimum absolute atomic E-state index is 0.252. The van der Waals surface area contributed by atoms with E-state index in [1.165, 1.54) is 24.3 Å².